The zero-order chi connectivity index (χ0) is 0. The van der Waals surface area contributed by atoms with Crippen LogP contribution in [0.25, 0.3) is 0 Å². The van der Waals surface area contributed by atoms with Gasteiger partial charge in [-0.15, -0.1) is 0 Å². The Balaban J connectivity index is 0. The summed E-state index contributed by atoms with van der Waals surface area (Å²) in [7, 11) is 0. The summed E-state index contributed by atoms with van der Waals surface area (Å²) in [6.45, 7) is 0. The minimum atomic E-state index is 0. The molecule has 0 amide bonds. The second-order valence-electron chi connectivity index (χ2n) is 0. The fraction of sp³-hybridized carbons (Fsp3) is 0. The molecule has 0 N–H and O–H groups in total. The molecule has 0 aliphatic carbocycles. The third-order valence-corrected chi connectivity index (χ3v) is 0. The third kappa shape index (κ3) is 51.3. The van der Waals surface area contributed by atoms with Gasteiger partial charge in [-0.3, -0.25) is 0 Å². The van der Waals surface area contributed by atoms with Crippen molar-refractivity contribution >= 4 is 27.3 Å². The maximum absolute atomic E-state index is 0. The number of hydrogen-bond donors (Lipinski definition) is 0. The molecule has 0 bridgehead atoms. The molecule has 6 heteroatoms. The first-order valence-electron chi connectivity index (χ1n) is 0. The van der Waals surface area contributed by atoms with E-state index in [2.05, 4.69) is 0 Å². The van der Waals surface area contributed by atoms with Gasteiger partial charge in [-0.1, -0.05) is 0 Å². The van der Waals surface area contributed by atoms with Crippen molar-refractivity contribution in [2.75, 3.05) is 0 Å². The van der Waals surface area contributed by atoms with Crippen molar-refractivity contribution in [1.82, 2.24) is 0 Å². The topological polar surface area (TPSA) is 114 Å². The van der Waals surface area contributed by atoms with Crippen LogP contribution < -0.4 is 0 Å². The summed E-state index contributed by atoms with van der Waals surface area (Å²) in [6, 6.07) is 0. The second-order valence-corrected chi connectivity index (χ2v) is 0. The Kier molecular flexibility index (Phi) is 2240. The summed E-state index contributed by atoms with van der Waals surface area (Å²) in [5, 5.41) is 0. The fourth-order valence-electron chi connectivity index (χ4n) is 0. The van der Waals surface area contributed by atoms with Gasteiger partial charge in [-0.25, -0.2) is 0 Å². The molecule has 0 unspecified atom stereocenters. The molecule has 0 aromatic rings. The molecule has 6 heavy (non-hydrogen) atoms. The van der Waals surface area contributed by atoms with Gasteiger partial charge in [-0.2, -0.15) is 0 Å². The Labute approximate surface area is 70.0 Å². The Morgan fingerprint density at radius 3 is 0.500 bits per heavy atom. The summed E-state index contributed by atoms with van der Waals surface area (Å²) in [5.74, 6) is 0. The van der Waals surface area contributed by atoms with E-state index in [0.717, 1.165) is 0 Å². The van der Waals surface area contributed by atoms with Crippen LogP contribution in [0.5, 0.6) is 0 Å². The van der Waals surface area contributed by atoms with Crippen molar-refractivity contribution in [2.45, 2.75) is 0 Å². The predicted molar refractivity (Wildman–Crippen MR) is 8.50 cm³/mol. The minimum Gasteiger partial charge on any atom is -2.00 e. The van der Waals surface area contributed by atoms with Crippen LogP contribution in [-0.2, 0) is 43.0 Å². The molecule has 34 valence electrons. The van der Waals surface area contributed by atoms with Crippen LogP contribution in [0.15, 0.2) is 0 Å². The van der Waals surface area contributed by atoms with Crippen molar-refractivity contribution < 1.29 is 43.0 Å². The molecule has 0 fully saturated rings. The summed E-state index contributed by atoms with van der Waals surface area (Å²) in [6.07, 6.45) is 0. The van der Waals surface area contributed by atoms with Crippen LogP contribution >= 0.6 is 0 Å². The molecule has 0 heterocycles. The van der Waals surface area contributed by atoms with Crippen molar-refractivity contribution in [1.29, 1.82) is 0 Å². The average Bonchev–Trinajstić information content (AvgIpc) is 0. The zero-order valence-electron chi connectivity index (χ0n) is 2.54. The zero-order valence-corrected chi connectivity index (χ0v) is 9.36. The van der Waals surface area contributed by atoms with E-state index in [1.54, 1.807) is 0 Å². The molecule has 0 aliphatic heterocycles. The van der Waals surface area contributed by atoms with Gasteiger partial charge in [0.05, 0.1) is 0 Å². The van der Waals surface area contributed by atoms with Gasteiger partial charge >= 0.3 is 48.4 Å². The van der Waals surface area contributed by atoms with Crippen molar-refractivity contribution in [3.63, 3.8) is 0 Å². The first kappa shape index (κ1) is 147. The van der Waals surface area contributed by atoms with Crippen molar-refractivity contribution in [3.05, 3.63) is 0 Å². The van der Waals surface area contributed by atoms with Gasteiger partial charge in [0.25, 0.3) is 0 Å². The molecular weight excluding hydrogens is 455 g/mol. The SMILES string of the molecule is [O-2].[O-2].[O-2].[O-2].[Pb+2].[W+6]. The molecular formula is O4PbW. The van der Waals surface area contributed by atoms with Crippen LogP contribution in [0, 0.1) is 0 Å². The molecule has 0 aliphatic rings. The largest absolute Gasteiger partial charge is 6.00 e. The molecule has 4 nitrogen and oxygen atoms in total. The maximum Gasteiger partial charge on any atom is 6.00 e. The van der Waals surface area contributed by atoms with Gasteiger partial charge in [0, 0.05) is 0 Å². The average molecular weight is 455 g/mol. The third-order valence-electron chi connectivity index (χ3n) is 0. The molecule has 2 radical (unpaired) electrons. The Bertz CT molecular complexity index is 7.51. The van der Waals surface area contributed by atoms with E-state index in [-0.39, 0.29) is 70.3 Å². The molecule has 0 aromatic carbocycles. The van der Waals surface area contributed by atoms with Gasteiger partial charge in [0.15, 0.2) is 0 Å². The quantitative estimate of drug-likeness (QED) is 0.424. The van der Waals surface area contributed by atoms with E-state index >= 15 is 0 Å². The van der Waals surface area contributed by atoms with Crippen LogP contribution in [0.1, 0.15) is 0 Å². The van der Waals surface area contributed by atoms with E-state index < -0.39 is 0 Å². The first-order valence-corrected chi connectivity index (χ1v) is 0. The predicted octanol–water partition coefficient (Wildman–Crippen LogP) is -0.859. The molecule has 0 rings (SSSR count). The van der Waals surface area contributed by atoms with Crippen molar-refractivity contribution in [2.24, 2.45) is 0 Å². The van der Waals surface area contributed by atoms with Crippen molar-refractivity contribution in [3.8, 4) is 0 Å². The van der Waals surface area contributed by atoms with E-state index in [1.807, 2.05) is 0 Å². The summed E-state index contributed by atoms with van der Waals surface area (Å²) in [4.78, 5) is 0. The molecule has 0 saturated heterocycles. The number of hydrogen-bond acceptors (Lipinski definition) is 0. The van der Waals surface area contributed by atoms with Crippen LogP contribution in [0.4, 0.5) is 0 Å². The summed E-state index contributed by atoms with van der Waals surface area (Å²) in [5.41, 5.74) is 0. The van der Waals surface area contributed by atoms with E-state index in [4.69, 9.17) is 0 Å². The normalized spacial score (nSPS) is 0. The maximum atomic E-state index is 0. The standard InChI is InChI=1S/4O.Pb.W/q4*-2;+2;+6. The smallest absolute Gasteiger partial charge is 2.00 e. The van der Waals surface area contributed by atoms with E-state index in [1.165, 1.54) is 0 Å². The minimum absolute atomic E-state index is 0. The van der Waals surface area contributed by atoms with Gasteiger partial charge in [0.2, 0.25) is 0 Å². The van der Waals surface area contributed by atoms with Crippen LogP contribution in [0.3, 0.4) is 0 Å². The summed E-state index contributed by atoms with van der Waals surface area (Å²) < 4.78 is 0. The fourth-order valence-corrected chi connectivity index (χ4v) is 0. The number of rotatable bonds is 0. The Morgan fingerprint density at radius 2 is 0.500 bits per heavy atom. The monoisotopic (exact) mass is 456 g/mol. The molecule has 0 atom stereocenters. The van der Waals surface area contributed by atoms with Gasteiger partial charge in [0.1, 0.15) is 0 Å². The Hall–Kier alpha value is 1.45. The van der Waals surface area contributed by atoms with Crippen LogP contribution in [0.2, 0.25) is 0 Å². The van der Waals surface area contributed by atoms with Crippen LogP contribution in [-0.4, -0.2) is 27.3 Å². The molecule has 0 aromatic heterocycles. The molecule has 0 spiro atoms. The second kappa shape index (κ2) is 91.1. The Morgan fingerprint density at radius 1 is 0.500 bits per heavy atom. The first-order chi connectivity index (χ1) is 0. The van der Waals surface area contributed by atoms with Gasteiger partial charge in [-0.05, 0) is 0 Å². The van der Waals surface area contributed by atoms with E-state index in [9.17, 15) is 0 Å². The molecule has 0 saturated carbocycles. The van der Waals surface area contributed by atoms with Gasteiger partial charge < -0.3 is 21.9 Å². The summed E-state index contributed by atoms with van der Waals surface area (Å²) >= 11 is 0. The van der Waals surface area contributed by atoms with E-state index in [0.29, 0.717) is 0 Å².